The lowest BCUT2D eigenvalue weighted by molar-refractivity contribution is -0.148. The van der Waals surface area contributed by atoms with E-state index in [9.17, 15) is 4.79 Å². The van der Waals surface area contributed by atoms with Crippen LogP contribution in [0.3, 0.4) is 0 Å². The van der Waals surface area contributed by atoms with Crippen LogP contribution >= 0.6 is 0 Å². The molecule has 0 saturated heterocycles. The fraction of sp³-hybridized carbons (Fsp3) is 0.500. The van der Waals surface area contributed by atoms with Gasteiger partial charge in [-0.25, -0.2) is 0 Å². The highest BCUT2D eigenvalue weighted by Crippen LogP contribution is 2.25. The summed E-state index contributed by atoms with van der Waals surface area (Å²) in [6.07, 6.45) is 0. The Morgan fingerprint density at radius 3 is 2.62 bits per heavy atom. The topological polar surface area (TPSA) is 26.3 Å². The average molecular weight is 220 g/mol. The molecule has 2 heteroatoms. The van der Waals surface area contributed by atoms with Crippen molar-refractivity contribution in [2.45, 2.75) is 33.6 Å². The molecule has 0 aliphatic carbocycles. The van der Waals surface area contributed by atoms with Gasteiger partial charge >= 0.3 is 5.97 Å². The predicted octanol–water partition coefficient (Wildman–Crippen LogP) is 3.30. The van der Waals surface area contributed by atoms with Crippen molar-refractivity contribution in [1.29, 1.82) is 0 Å². The molecule has 0 heterocycles. The van der Waals surface area contributed by atoms with Gasteiger partial charge in [0, 0.05) is 0 Å². The van der Waals surface area contributed by atoms with Gasteiger partial charge in [-0.2, -0.15) is 0 Å². The van der Waals surface area contributed by atoms with E-state index in [4.69, 9.17) is 4.74 Å². The Hall–Kier alpha value is -1.31. The zero-order valence-corrected chi connectivity index (χ0v) is 10.5. The van der Waals surface area contributed by atoms with E-state index in [1.165, 1.54) is 11.1 Å². The van der Waals surface area contributed by atoms with Crippen molar-refractivity contribution in [2.75, 3.05) is 6.61 Å². The van der Waals surface area contributed by atoms with E-state index in [2.05, 4.69) is 32.0 Å². The van der Waals surface area contributed by atoms with Crippen molar-refractivity contribution in [2.24, 2.45) is 5.92 Å². The van der Waals surface area contributed by atoms with E-state index < -0.39 is 0 Å². The van der Waals surface area contributed by atoms with Crippen molar-refractivity contribution in [3.05, 3.63) is 35.4 Å². The molecule has 0 aromatic heterocycles. The third-order valence-electron chi connectivity index (χ3n) is 2.98. The highest BCUT2D eigenvalue weighted by atomic mass is 16.5. The summed E-state index contributed by atoms with van der Waals surface area (Å²) < 4.78 is 5.04. The lowest BCUT2D eigenvalue weighted by atomic mass is 9.88. The second-order valence-corrected chi connectivity index (χ2v) is 4.24. The first-order valence-corrected chi connectivity index (χ1v) is 5.79. The molecule has 0 amide bonds. The van der Waals surface area contributed by atoms with Crippen LogP contribution < -0.4 is 0 Å². The molecule has 1 rings (SSSR count). The van der Waals surface area contributed by atoms with Crippen LogP contribution in [0.5, 0.6) is 0 Å². The first kappa shape index (κ1) is 12.8. The number of hydrogen-bond acceptors (Lipinski definition) is 2. The summed E-state index contributed by atoms with van der Waals surface area (Å²) in [6.45, 7) is 8.33. The van der Waals surface area contributed by atoms with Crippen LogP contribution in [0, 0.1) is 12.8 Å². The van der Waals surface area contributed by atoms with Crippen LogP contribution in [0.15, 0.2) is 24.3 Å². The predicted molar refractivity (Wildman–Crippen MR) is 65.4 cm³/mol. The van der Waals surface area contributed by atoms with Gasteiger partial charge in [0.25, 0.3) is 0 Å². The molecule has 0 N–H and O–H groups in total. The monoisotopic (exact) mass is 220 g/mol. The highest BCUT2D eigenvalue weighted by Gasteiger charge is 2.22. The van der Waals surface area contributed by atoms with Crippen LogP contribution in [-0.4, -0.2) is 12.6 Å². The normalized spacial score (nSPS) is 14.2. The van der Waals surface area contributed by atoms with Gasteiger partial charge in [-0.05, 0) is 25.3 Å². The molecule has 0 aliphatic rings. The Morgan fingerprint density at radius 2 is 2.06 bits per heavy atom. The van der Waals surface area contributed by atoms with Crippen molar-refractivity contribution in [3.63, 3.8) is 0 Å². The first-order valence-electron chi connectivity index (χ1n) is 5.79. The largest absolute Gasteiger partial charge is 0.466 e. The molecular weight excluding hydrogens is 200 g/mol. The Bertz CT molecular complexity index is 358. The van der Waals surface area contributed by atoms with Gasteiger partial charge in [0.15, 0.2) is 0 Å². The van der Waals surface area contributed by atoms with Gasteiger partial charge in [0.2, 0.25) is 0 Å². The number of carbonyl (C=O) groups is 1. The molecule has 0 aliphatic heterocycles. The summed E-state index contributed by atoms with van der Waals surface area (Å²) in [6, 6.07) is 8.28. The maximum absolute atomic E-state index is 11.6. The first-order chi connectivity index (χ1) is 7.56. The average Bonchev–Trinajstić information content (AvgIpc) is 2.27. The van der Waals surface area contributed by atoms with Crippen LogP contribution in [0.25, 0.3) is 0 Å². The van der Waals surface area contributed by atoms with Gasteiger partial charge in [-0.3, -0.25) is 4.79 Å². The molecule has 0 fully saturated rings. The zero-order chi connectivity index (χ0) is 12.1. The standard InChI is InChI=1S/C14H20O2/c1-5-16-14(15)12(4)11(3)13-8-6-7-10(2)9-13/h6-9,11-12H,5H2,1-4H3. The number of aryl methyl sites for hydroxylation is 1. The zero-order valence-electron chi connectivity index (χ0n) is 10.5. The quantitative estimate of drug-likeness (QED) is 0.728. The summed E-state index contributed by atoms with van der Waals surface area (Å²) >= 11 is 0. The minimum atomic E-state index is -0.114. The van der Waals surface area contributed by atoms with Crippen LogP contribution in [0.1, 0.15) is 37.8 Å². The number of hydrogen-bond donors (Lipinski definition) is 0. The fourth-order valence-electron chi connectivity index (χ4n) is 1.72. The molecule has 2 unspecified atom stereocenters. The third kappa shape index (κ3) is 3.09. The van der Waals surface area contributed by atoms with Gasteiger partial charge < -0.3 is 4.74 Å². The van der Waals surface area contributed by atoms with Gasteiger partial charge in [0.1, 0.15) is 0 Å². The van der Waals surface area contributed by atoms with E-state index in [0.29, 0.717) is 6.61 Å². The SMILES string of the molecule is CCOC(=O)C(C)C(C)c1cccc(C)c1. The Kier molecular flexibility index (Phi) is 4.53. The maximum Gasteiger partial charge on any atom is 0.309 e. The van der Waals surface area contributed by atoms with Gasteiger partial charge in [0.05, 0.1) is 12.5 Å². The molecule has 0 saturated carbocycles. The number of rotatable bonds is 4. The molecular formula is C14H20O2. The van der Waals surface area contributed by atoms with E-state index >= 15 is 0 Å². The van der Waals surface area contributed by atoms with Crippen molar-refractivity contribution >= 4 is 5.97 Å². The molecule has 1 aromatic rings. The van der Waals surface area contributed by atoms with Crippen molar-refractivity contribution in [1.82, 2.24) is 0 Å². The smallest absolute Gasteiger partial charge is 0.309 e. The summed E-state index contributed by atoms with van der Waals surface area (Å²) in [7, 11) is 0. The second-order valence-electron chi connectivity index (χ2n) is 4.24. The van der Waals surface area contributed by atoms with Crippen LogP contribution in [0.4, 0.5) is 0 Å². The maximum atomic E-state index is 11.6. The van der Waals surface area contributed by atoms with E-state index in [-0.39, 0.29) is 17.8 Å². The molecule has 2 atom stereocenters. The fourth-order valence-corrected chi connectivity index (χ4v) is 1.72. The number of esters is 1. The van der Waals surface area contributed by atoms with Crippen molar-refractivity contribution < 1.29 is 9.53 Å². The van der Waals surface area contributed by atoms with Crippen molar-refractivity contribution in [3.8, 4) is 0 Å². The Labute approximate surface area is 97.6 Å². The molecule has 0 bridgehead atoms. The lowest BCUT2D eigenvalue weighted by Gasteiger charge is -2.19. The Balaban J connectivity index is 2.77. The van der Waals surface area contributed by atoms with E-state index in [1.807, 2.05) is 19.9 Å². The molecule has 0 spiro atoms. The lowest BCUT2D eigenvalue weighted by Crippen LogP contribution is -2.20. The Morgan fingerprint density at radius 1 is 1.38 bits per heavy atom. The van der Waals surface area contributed by atoms with Crippen LogP contribution in [0.2, 0.25) is 0 Å². The summed E-state index contributed by atoms with van der Waals surface area (Å²) in [4.78, 5) is 11.6. The molecule has 1 aromatic carbocycles. The summed E-state index contributed by atoms with van der Waals surface area (Å²) in [5.41, 5.74) is 2.42. The number of benzene rings is 1. The van der Waals surface area contributed by atoms with E-state index in [0.717, 1.165) is 0 Å². The van der Waals surface area contributed by atoms with Gasteiger partial charge in [-0.15, -0.1) is 0 Å². The molecule has 16 heavy (non-hydrogen) atoms. The summed E-state index contributed by atoms with van der Waals surface area (Å²) in [5, 5.41) is 0. The third-order valence-corrected chi connectivity index (χ3v) is 2.98. The molecule has 2 nitrogen and oxygen atoms in total. The number of ether oxygens (including phenoxy) is 1. The van der Waals surface area contributed by atoms with Gasteiger partial charge in [-0.1, -0.05) is 43.7 Å². The number of carbonyl (C=O) groups excluding carboxylic acids is 1. The van der Waals surface area contributed by atoms with E-state index in [1.54, 1.807) is 0 Å². The summed E-state index contributed by atoms with van der Waals surface area (Å²) in [5.74, 6) is -0.0165. The molecule has 0 radical (unpaired) electrons. The second kappa shape index (κ2) is 5.69. The minimum Gasteiger partial charge on any atom is -0.466 e. The highest BCUT2D eigenvalue weighted by molar-refractivity contribution is 5.73. The van der Waals surface area contributed by atoms with Crippen LogP contribution in [-0.2, 0) is 9.53 Å². The minimum absolute atomic E-state index is 0.0956. The molecule has 88 valence electrons.